The summed E-state index contributed by atoms with van der Waals surface area (Å²) in [5, 5.41) is 10.2. The quantitative estimate of drug-likeness (QED) is 0.700. The Bertz CT molecular complexity index is 1040. The summed E-state index contributed by atoms with van der Waals surface area (Å²) in [6.07, 6.45) is 14.2. The smallest absolute Gasteiger partial charge is 0.119 e. The average Bonchev–Trinajstić information content (AvgIpc) is 3.32. The van der Waals surface area contributed by atoms with E-state index in [9.17, 15) is 5.26 Å². The van der Waals surface area contributed by atoms with Gasteiger partial charge >= 0.3 is 0 Å². The first-order valence-corrected chi connectivity index (χ1v) is 10.7. The molecule has 1 aliphatic heterocycles. The molecule has 0 atom stereocenters. The second-order valence-corrected chi connectivity index (χ2v) is 8.19. The van der Waals surface area contributed by atoms with Crippen LogP contribution < -0.4 is 9.64 Å². The molecule has 29 heavy (non-hydrogen) atoms. The number of rotatable bonds is 3. The van der Waals surface area contributed by atoms with Gasteiger partial charge in [-0.25, -0.2) is 0 Å². The van der Waals surface area contributed by atoms with Crippen LogP contribution in [0.3, 0.4) is 0 Å². The molecular weight excluding hydrogens is 356 g/mol. The Hall–Kier alpha value is -2.99. The fourth-order valence-corrected chi connectivity index (χ4v) is 5.14. The number of methoxy groups -OCH3 is 1. The van der Waals surface area contributed by atoms with Gasteiger partial charge in [-0.1, -0.05) is 30.4 Å². The van der Waals surface area contributed by atoms with Crippen LogP contribution in [0.1, 0.15) is 47.4 Å². The van der Waals surface area contributed by atoms with Gasteiger partial charge in [0, 0.05) is 19.0 Å². The monoisotopic (exact) mass is 382 g/mol. The number of piperidine rings is 1. The molecule has 0 N–H and O–H groups in total. The molecule has 0 spiro atoms. The Morgan fingerprint density at radius 3 is 2.52 bits per heavy atom. The van der Waals surface area contributed by atoms with E-state index in [1.807, 2.05) is 0 Å². The van der Waals surface area contributed by atoms with E-state index in [4.69, 9.17) is 4.74 Å². The Kier molecular flexibility index (Phi) is 4.64. The summed E-state index contributed by atoms with van der Waals surface area (Å²) < 4.78 is 5.46. The minimum absolute atomic E-state index is 0.183. The van der Waals surface area contributed by atoms with Crippen LogP contribution in [0.25, 0.3) is 11.1 Å². The lowest BCUT2D eigenvalue weighted by Crippen LogP contribution is -2.32. The van der Waals surface area contributed by atoms with Crippen molar-refractivity contribution in [3.63, 3.8) is 0 Å². The summed E-state index contributed by atoms with van der Waals surface area (Å²) in [5.74, 6) is 1.10. The number of benzene rings is 2. The maximum Gasteiger partial charge on any atom is 0.119 e. The van der Waals surface area contributed by atoms with Gasteiger partial charge in [0.25, 0.3) is 0 Å². The van der Waals surface area contributed by atoms with E-state index in [1.54, 1.807) is 7.11 Å². The molecule has 3 heteroatoms. The zero-order valence-electron chi connectivity index (χ0n) is 16.9. The van der Waals surface area contributed by atoms with Crippen molar-refractivity contribution < 1.29 is 4.74 Å². The fourth-order valence-electron chi connectivity index (χ4n) is 5.14. The van der Waals surface area contributed by atoms with Crippen LogP contribution in [0.5, 0.6) is 5.75 Å². The second-order valence-electron chi connectivity index (χ2n) is 8.19. The van der Waals surface area contributed by atoms with Gasteiger partial charge < -0.3 is 9.64 Å². The van der Waals surface area contributed by atoms with E-state index in [2.05, 4.69) is 59.5 Å². The van der Waals surface area contributed by atoms with Crippen molar-refractivity contribution in [3.05, 3.63) is 70.8 Å². The number of fused-ring (bicyclic) bond motifs is 3. The number of nitriles is 1. The maximum atomic E-state index is 10.2. The zero-order valence-corrected chi connectivity index (χ0v) is 16.9. The zero-order chi connectivity index (χ0) is 19.8. The Morgan fingerprint density at radius 2 is 1.79 bits per heavy atom. The second kappa shape index (κ2) is 7.44. The largest absolute Gasteiger partial charge is 0.497 e. The van der Waals surface area contributed by atoms with Crippen LogP contribution in [0.15, 0.2) is 48.6 Å². The summed E-state index contributed by atoms with van der Waals surface area (Å²) in [7, 11) is 1.73. The Labute approximate surface area is 172 Å². The summed E-state index contributed by atoms with van der Waals surface area (Å²) in [6, 6.07) is 11.3. The molecular formula is C26H26N2O. The van der Waals surface area contributed by atoms with E-state index >= 15 is 0 Å². The van der Waals surface area contributed by atoms with Crippen molar-refractivity contribution in [1.82, 2.24) is 0 Å². The molecule has 0 unspecified atom stereocenters. The molecule has 0 amide bonds. The van der Waals surface area contributed by atoms with Crippen molar-refractivity contribution in [3.8, 4) is 22.9 Å². The highest BCUT2D eigenvalue weighted by Gasteiger charge is 2.29. The van der Waals surface area contributed by atoms with Gasteiger partial charge in [0.15, 0.2) is 0 Å². The van der Waals surface area contributed by atoms with Crippen molar-refractivity contribution in [1.29, 1.82) is 5.26 Å². The Morgan fingerprint density at radius 1 is 1.00 bits per heavy atom. The molecule has 0 radical (unpaired) electrons. The topological polar surface area (TPSA) is 36.3 Å². The highest BCUT2D eigenvalue weighted by molar-refractivity contribution is 5.84. The van der Waals surface area contributed by atoms with Crippen molar-refractivity contribution >= 4 is 5.69 Å². The van der Waals surface area contributed by atoms with Crippen molar-refractivity contribution in [2.24, 2.45) is 0 Å². The summed E-state index contributed by atoms with van der Waals surface area (Å²) in [5.41, 5.74) is 8.52. The molecule has 3 aliphatic rings. The molecule has 2 aromatic rings. The molecule has 1 heterocycles. The van der Waals surface area contributed by atoms with Gasteiger partial charge in [0.1, 0.15) is 11.8 Å². The molecule has 2 aliphatic carbocycles. The van der Waals surface area contributed by atoms with E-state index in [0.717, 1.165) is 42.8 Å². The van der Waals surface area contributed by atoms with Crippen LogP contribution in [-0.2, 0) is 12.8 Å². The lowest BCUT2D eigenvalue weighted by molar-refractivity contribution is 0.414. The van der Waals surface area contributed by atoms with Gasteiger partial charge in [-0.3, -0.25) is 0 Å². The predicted molar refractivity (Wildman–Crippen MR) is 118 cm³/mol. The first-order valence-electron chi connectivity index (χ1n) is 10.7. The third-order valence-corrected chi connectivity index (χ3v) is 6.57. The summed E-state index contributed by atoms with van der Waals surface area (Å²) >= 11 is 0. The highest BCUT2D eigenvalue weighted by atomic mass is 16.5. The van der Waals surface area contributed by atoms with E-state index < -0.39 is 0 Å². The highest BCUT2D eigenvalue weighted by Crippen LogP contribution is 2.45. The molecule has 0 bridgehead atoms. The maximum absolute atomic E-state index is 10.2. The number of nitrogens with zero attached hydrogens (tertiary/aromatic N) is 2. The van der Waals surface area contributed by atoms with Crippen molar-refractivity contribution in [2.75, 3.05) is 25.1 Å². The first-order chi connectivity index (χ1) is 14.3. The summed E-state index contributed by atoms with van der Waals surface area (Å²) in [6.45, 7) is 2.10. The Balaban J connectivity index is 1.75. The van der Waals surface area contributed by atoms with Gasteiger partial charge in [-0.2, -0.15) is 5.26 Å². The van der Waals surface area contributed by atoms with Gasteiger partial charge in [-0.15, -0.1) is 0 Å². The van der Waals surface area contributed by atoms with Crippen LogP contribution >= 0.6 is 0 Å². The SMILES string of the molecule is COc1ccc2c(c1)CCc1c-2cc(C2C=CC=C2)c(C#N)c1N1CCCCC1. The minimum Gasteiger partial charge on any atom is -0.497 e. The molecule has 1 fully saturated rings. The molecule has 0 aromatic heterocycles. The molecule has 2 aromatic carbocycles. The molecule has 1 saturated heterocycles. The lowest BCUT2D eigenvalue weighted by Gasteiger charge is -2.35. The summed E-state index contributed by atoms with van der Waals surface area (Å²) in [4.78, 5) is 2.49. The normalized spacial score (nSPS) is 17.7. The van der Waals surface area contributed by atoms with Crippen LogP contribution in [0.4, 0.5) is 5.69 Å². The van der Waals surface area contributed by atoms with E-state index in [-0.39, 0.29) is 5.92 Å². The lowest BCUT2D eigenvalue weighted by atomic mass is 9.79. The molecule has 146 valence electrons. The average molecular weight is 383 g/mol. The minimum atomic E-state index is 0.183. The van der Waals surface area contributed by atoms with Crippen LogP contribution in [0.2, 0.25) is 0 Å². The predicted octanol–water partition coefficient (Wildman–Crippen LogP) is 5.53. The number of aryl methyl sites for hydroxylation is 1. The molecule has 3 nitrogen and oxygen atoms in total. The van der Waals surface area contributed by atoms with E-state index in [1.165, 1.54) is 47.2 Å². The first kappa shape index (κ1) is 18.1. The number of ether oxygens (including phenoxy) is 1. The number of anilines is 1. The van der Waals surface area contributed by atoms with Gasteiger partial charge in [0.2, 0.25) is 0 Å². The van der Waals surface area contributed by atoms with Crippen LogP contribution in [-0.4, -0.2) is 20.2 Å². The third kappa shape index (κ3) is 3.04. The fraction of sp³-hybridized carbons (Fsp3) is 0.346. The third-order valence-electron chi connectivity index (χ3n) is 6.57. The molecule has 5 rings (SSSR count). The number of hydrogen-bond acceptors (Lipinski definition) is 3. The van der Waals surface area contributed by atoms with Crippen molar-refractivity contribution in [2.45, 2.75) is 38.0 Å². The number of hydrogen-bond donors (Lipinski definition) is 0. The standard InChI is InChI=1S/C26H26N2O/c1-29-20-10-12-21-19(15-20)9-11-22-24(21)16-23(18-7-3-4-8-18)25(17-27)26(22)28-13-5-2-6-14-28/h3-4,7-8,10,12,15-16,18H,2,5-6,9,11,13-14H2,1H3. The van der Waals surface area contributed by atoms with Gasteiger partial charge in [-0.05, 0) is 78.1 Å². The van der Waals surface area contributed by atoms with E-state index in [0.29, 0.717) is 0 Å². The number of allylic oxidation sites excluding steroid dienone is 4. The molecule has 0 saturated carbocycles. The van der Waals surface area contributed by atoms with Gasteiger partial charge in [0.05, 0.1) is 18.4 Å². The van der Waals surface area contributed by atoms with Crippen LogP contribution in [0, 0.1) is 11.3 Å².